The van der Waals surface area contributed by atoms with Crippen LogP contribution in [0.3, 0.4) is 0 Å². The molecule has 2 N–H and O–H groups in total. The number of rotatable bonds is 3. The van der Waals surface area contributed by atoms with Crippen LogP contribution >= 0.6 is 11.6 Å². The lowest BCUT2D eigenvalue weighted by molar-refractivity contribution is 0.506. The third kappa shape index (κ3) is 2.71. The van der Waals surface area contributed by atoms with E-state index in [-0.39, 0.29) is 0 Å². The van der Waals surface area contributed by atoms with E-state index < -0.39 is 0 Å². The van der Waals surface area contributed by atoms with E-state index >= 15 is 0 Å². The fraction of sp³-hybridized carbons (Fsp3) is 0.455. The van der Waals surface area contributed by atoms with Gasteiger partial charge in [-0.1, -0.05) is 37.6 Å². The summed E-state index contributed by atoms with van der Waals surface area (Å²) in [6, 6.07) is 7.95. The summed E-state index contributed by atoms with van der Waals surface area (Å²) < 4.78 is 0. The molecule has 0 aliphatic carbocycles. The van der Waals surface area contributed by atoms with Crippen molar-refractivity contribution in [3.8, 4) is 0 Å². The molecule has 1 nitrogen and oxygen atoms in total. The molecule has 1 aromatic carbocycles. The van der Waals surface area contributed by atoms with Gasteiger partial charge in [-0.05, 0) is 36.1 Å². The molecule has 0 aliphatic heterocycles. The summed E-state index contributed by atoms with van der Waals surface area (Å²) >= 11 is 5.81. The molecule has 72 valence electrons. The Morgan fingerprint density at radius 1 is 1.23 bits per heavy atom. The Balaban J connectivity index is 2.86. The molecule has 0 amide bonds. The topological polar surface area (TPSA) is 26.0 Å². The average Bonchev–Trinajstić information content (AvgIpc) is 2.09. The highest BCUT2D eigenvalue weighted by Crippen LogP contribution is 2.24. The van der Waals surface area contributed by atoms with Gasteiger partial charge in [-0.3, -0.25) is 0 Å². The molecule has 0 heterocycles. The first kappa shape index (κ1) is 10.6. The Labute approximate surface area is 84.9 Å². The maximum Gasteiger partial charge on any atom is 0.0406 e. The van der Waals surface area contributed by atoms with E-state index in [4.69, 9.17) is 17.3 Å². The summed E-state index contributed by atoms with van der Waals surface area (Å²) in [5, 5.41) is 0.781. The molecule has 0 radical (unpaired) electrons. The van der Waals surface area contributed by atoms with Gasteiger partial charge >= 0.3 is 0 Å². The number of nitrogens with two attached hydrogens (primary N) is 1. The molecule has 0 unspecified atom stereocenters. The molecule has 1 aromatic rings. The zero-order valence-electron chi connectivity index (χ0n) is 8.13. The predicted octanol–water partition coefficient (Wildman–Crippen LogP) is 3.04. The lowest BCUT2D eigenvalue weighted by atomic mass is 9.89. The van der Waals surface area contributed by atoms with Crippen LogP contribution in [0.1, 0.15) is 25.3 Å². The third-order valence-electron chi connectivity index (χ3n) is 2.36. The Bertz CT molecular complexity index is 253. The van der Waals surface area contributed by atoms with Gasteiger partial charge in [0, 0.05) is 5.02 Å². The second kappa shape index (κ2) is 4.64. The summed E-state index contributed by atoms with van der Waals surface area (Å²) in [5.74, 6) is 1.02. The van der Waals surface area contributed by atoms with E-state index in [1.165, 1.54) is 5.56 Å². The van der Waals surface area contributed by atoms with Crippen molar-refractivity contribution in [1.29, 1.82) is 0 Å². The summed E-state index contributed by atoms with van der Waals surface area (Å²) in [5.41, 5.74) is 6.99. The molecule has 0 bridgehead atoms. The second-order valence-corrected chi connectivity index (χ2v) is 4.07. The van der Waals surface area contributed by atoms with Crippen LogP contribution in [0.15, 0.2) is 24.3 Å². The standard InChI is InChI=1S/C11H16ClN/c1-8(2)11(7-13)9-3-5-10(12)6-4-9/h3-6,8,11H,7,13H2,1-2H3/t11-/m0/s1. The van der Waals surface area contributed by atoms with Crippen LogP contribution < -0.4 is 5.73 Å². The minimum Gasteiger partial charge on any atom is -0.330 e. The highest BCUT2D eigenvalue weighted by Gasteiger charge is 2.13. The zero-order chi connectivity index (χ0) is 9.84. The number of benzene rings is 1. The lowest BCUT2D eigenvalue weighted by Crippen LogP contribution is -2.17. The largest absolute Gasteiger partial charge is 0.330 e. The van der Waals surface area contributed by atoms with Crippen LogP contribution in [-0.2, 0) is 0 Å². The summed E-state index contributed by atoms with van der Waals surface area (Å²) in [6.45, 7) is 5.07. The monoisotopic (exact) mass is 197 g/mol. The van der Waals surface area contributed by atoms with Crippen molar-refractivity contribution in [3.05, 3.63) is 34.9 Å². The van der Waals surface area contributed by atoms with Gasteiger partial charge in [0.1, 0.15) is 0 Å². The highest BCUT2D eigenvalue weighted by atomic mass is 35.5. The number of hydrogen-bond donors (Lipinski definition) is 1. The predicted molar refractivity (Wildman–Crippen MR) is 58.1 cm³/mol. The van der Waals surface area contributed by atoms with Crippen molar-refractivity contribution in [3.63, 3.8) is 0 Å². The van der Waals surface area contributed by atoms with Crippen molar-refractivity contribution in [1.82, 2.24) is 0 Å². The van der Waals surface area contributed by atoms with E-state index in [1.54, 1.807) is 0 Å². The van der Waals surface area contributed by atoms with Gasteiger partial charge in [0.15, 0.2) is 0 Å². The molecule has 0 fully saturated rings. The minimum absolute atomic E-state index is 0.442. The van der Waals surface area contributed by atoms with Crippen LogP contribution in [0, 0.1) is 5.92 Å². The van der Waals surface area contributed by atoms with Gasteiger partial charge in [0.05, 0.1) is 0 Å². The minimum atomic E-state index is 0.442. The molecule has 0 aromatic heterocycles. The van der Waals surface area contributed by atoms with E-state index in [0.29, 0.717) is 18.4 Å². The smallest absolute Gasteiger partial charge is 0.0406 e. The molecule has 1 rings (SSSR count). The SMILES string of the molecule is CC(C)[C@H](CN)c1ccc(Cl)cc1. The van der Waals surface area contributed by atoms with E-state index in [0.717, 1.165) is 5.02 Å². The van der Waals surface area contributed by atoms with E-state index in [9.17, 15) is 0 Å². The first-order valence-corrected chi connectivity index (χ1v) is 4.98. The molecular weight excluding hydrogens is 182 g/mol. The maximum absolute atomic E-state index is 5.81. The summed E-state index contributed by atoms with van der Waals surface area (Å²) in [4.78, 5) is 0. The number of halogens is 1. The Morgan fingerprint density at radius 2 is 1.77 bits per heavy atom. The Hall–Kier alpha value is -0.530. The molecule has 0 spiro atoms. The average molecular weight is 198 g/mol. The number of hydrogen-bond acceptors (Lipinski definition) is 1. The second-order valence-electron chi connectivity index (χ2n) is 3.64. The van der Waals surface area contributed by atoms with E-state index in [2.05, 4.69) is 26.0 Å². The quantitative estimate of drug-likeness (QED) is 0.792. The Morgan fingerprint density at radius 3 is 2.15 bits per heavy atom. The first-order chi connectivity index (χ1) is 6.15. The van der Waals surface area contributed by atoms with Crippen molar-refractivity contribution in [2.75, 3.05) is 6.54 Å². The molecule has 0 saturated carbocycles. The van der Waals surface area contributed by atoms with E-state index in [1.807, 2.05) is 12.1 Å². The fourth-order valence-electron chi connectivity index (χ4n) is 1.50. The van der Waals surface area contributed by atoms with Gasteiger partial charge < -0.3 is 5.73 Å². The van der Waals surface area contributed by atoms with Crippen molar-refractivity contribution >= 4 is 11.6 Å². The molecular formula is C11H16ClN. The van der Waals surface area contributed by atoms with Crippen LogP contribution in [-0.4, -0.2) is 6.54 Å². The Kier molecular flexibility index (Phi) is 3.76. The van der Waals surface area contributed by atoms with Gasteiger partial charge in [-0.2, -0.15) is 0 Å². The molecule has 2 heteroatoms. The molecule has 1 atom stereocenters. The van der Waals surface area contributed by atoms with Crippen LogP contribution in [0.4, 0.5) is 0 Å². The highest BCUT2D eigenvalue weighted by molar-refractivity contribution is 6.30. The van der Waals surface area contributed by atoms with Gasteiger partial charge in [-0.15, -0.1) is 0 Å². The maximum atomic E-state index is 5.81. The lowest BCUT2D eigenvalue weighted by Gasteiger charge is -2.19. The first-order valence-electron chi connectivity index (χ1n) is 4.60. The molecule has 0 saturated heterocycles. The van der Waals surface area contributed by atoms with Gasteiger partial charge in [-0.25, -0.2) is 0 Å². The third-order valence-corrected chi connectivity index (χ3v) is 2.61. The van der Waals surface area contributed by atoms with Gasteiger partial charge in [0.25, 0.3) is 0 Å². The fourth-order valence-corrected chi connectivity index (χ4v) is 1.63. The normalized spacial score (nSPS) is 13.3. The molecule has 0 aliphatic rings. The van der Waals surface area contributed by atoms with Crippen LogP contribution in [0.5, 0.6) is 0 Å². The van der Waals surface area contributed by atoms with Crippen LogP contribution in [0.25, 0.3) is 0 Å². The summed E-state index contributed by atoms with van der Waals surface area (Å²) in [6.07, 6.45) is 0. The molecule has 13 heavy (non-hydrogen) atoms. The van der Waals surface area contributed by atoms with Crippen molar-refractivity contribution in [2.24, 2.45) is 11.7 Å². The summed E-state index contributed by atoms with van der Waals surface area (Å²) in [7, 11) is 0. The van der Waals surface area contributed by atoms with Crippen LogP contribution in [0.2, 0.25) is 5.02 Å². The van der Waals surface area contributed by atoms with Crippen molar-refractivity contribution in [2.45, 2.75) is 19.8 Å². The van der Waals surface area contributed by atoms with Gasteiger partial charge in [0.2, 0.25) is 0 Å². The zero-order valence-corrected chi connectivity index (χ0v) is 8.88. The van der Waals surface area contributed by atoms with Crippen molar-refractivity contribution < 1.29 is 0 Å².